The van der Waals surface area contributed by atoms with E-state index in [0.29, 0.717) is 6.54 Å². The lowest BCUT2D eigenvalue weighted by molar-refractivity contribution is -0.385. The number of nitro benzene ring substituents is 1. The van der Waals surface area contributed by atoms with Crippen molar-refractivity contribution < 1.29 is 14.5 Å². The molecule has 0 aromatic heterocycles. The Labute approximate surface area is 139 Å². The van der Waals surface area contributed by atoms with Gasteiger partial charge in [0.1, 0.15) is 5.56 Å². The van der Waals surface area contributed by atoms with Crippen LogP contribution in [0.1, 0.15) is 29.6 Å². The number of amides is 1. The summed E-state index contributed by atoms with van der Waals surface area (Å²) in [5.74, 6) is 1.66. The molecule has 0 unspecified atom stereocenters. The van der Waals surface area contributed by atoms with Gasteiger partial charge in [-0.15, -0.1) is 0 Å². The number of ether oxygens (including phenoxy) is 1. The van der Waals surface area contributed by atoms with E-state index in [1.165, 1.54) is 6.07 Å². The van der Waals surface area contributed by atoms with Crippen molar-refractivity contribution in [1.29, 1.82) is 0 Å². The van der Waals surface area contributed by atoms with Crippen LogP contribution in [0.15, 0.2) is 24.3 Å². The lowest BCUT2D eigenvalue weighted by Crippen LogP contribution is -2.44. The van der Waals surface area contributed by atoms with E-state index in [9.17, 15) is 14.9 Å². The van der Waals surface area contributed by atoms with Crippen molar-refractivity contribution >= 4 is 23.4 Å². The quantitative estimate of drug-likeness (QED) is 0.610. The van der Waals surface area contributed by atoms with Gasteiger partial charge >= 0.3 is 0 Å². The van der Waals surface area contributed by atoms with Gasteiger partial charge in [0.05, 0.1) is 11.0 Å². The molecule has 23 heavy (non-hydrogen) atoms. The van der Waals surface area contributed by atoms with Gasteiger partial charge in [-0.25, -0.2) is 0 Å². The van der Waals surface area contributed by atoms with Crippen LogP contribution >= 0.6 is 11.8 Å². The third-order valence-corrected chi connectivity index (χ3v) is 5.51. The van der Waals surface area contributed by atoms with Crippen LogP contribution in [-0.4, -0.2) is 52.5 Å². The van der Waals surface area contributed by atoms with Gasteiger partial charge in [-0.1, -0.05) is 12.1 Å². The molecule has 2 aliphatic rings. The van der Waals surface area contributed by atoms with E-state index in [2.05, 4.69) is 0 Å². The van der Waals surface area contributed by atoms with Gasteiger partial charge in [-0.05, 0) is 31.1 Å². The van der Waals surface area contributed by atoms with E-state index >= 15 is 0 Å². The van der Waals surface area contributed by atoms with E-state index in [4.69, 9.17) is 4.74 Å². The molecule has 2 heterocycles. The number of benzene rings is 1. The van der Waals surface area contributed by atoms with Crippen LogP contribution < -0.4 is 0 Å². The van der Waals surface area contributed by atoms with Gasteiger partial charge in [-0.2, -0.15) is 11.8 Å². The van der Waals surface area contributed by atoms with Crippen LogP contribution in [0.4, 0.5) is 5.69 Å². The van der Waals surface area contributed by atoms with Gasteiger partial charge in [0.25, 0.3) is 11.6 Å². The minimum atomic E-state index is -0.485. The van der Waals surface area contributed by atoms with E-state index in [1.54, 1.807) is 23.1 Å². The highest BCUT2D eigenvalue weighted by Crippen LogP contribution is 2.28. The fraction of sp³-hybridized carbons (Fsp3) is 0.562. The molecular formula is C16H20N2O4S. The number of thioether (sulfide) groups is 1. The summed E-state index contributed by atoms with van der Waals surface area (Å²) in [6.45, 7) is 1.26. The number of nitro groups is 1. The number of hydrogen-bond acceptors (Lipinski definition) is 5. The molecule has 2 aliphatic heterocycles. The van der Waals surface area contributed by atoms with Gasteiger partial charge in [0, 0.05) is 31.0 Å². The van der Waals surface area contributed by atoms with E-state index in [-0.39, 0.29) is 29.3 Å². The molecule has 0 N–H and O–H groups in total. The van der Waals surface area contributed by atoms with Crippen molar-refractivity contribution in [2.45, 2.75) is 31.4 Å². The first-order valence-corrected chi connectivity index (χ1v) is 9.06. The predicted molar refractivity (Wildman–Crippen MR) is 88.8 cm³/mol. The van der Waals surface area contributed by atoms with Gasteiger partial charge in [0.15, 0.2) is 0 Å². The molecule has 0 bridgehead atoms. The number of rotatable bonds is 5. The molecule has 7 heteroatoms. The summed E-state index contributed by atoms with van der Waals surface area (Å²) in [7, 11) is 0. The molecule has 0 spiro atoms. The second-order valence-electron chi connectivity index (χ2n) is 5.88. The van der Waals surface area contributed by atoms with Crippen molar-refractivity contribution in [2.24, 2.45) is 0 Å². The summed E-state index contributed by atoms with van der Waals surface area (Å²) < 4.78 is 5.67. The SMILES string of the molecule is O=C(c1ccccc1[N+](=O)[O-])N(C[C@H]1CCCO1)[C@@H]1CCSC1. The normalized spacial score (nSPS) is 23.8. The molecule has 0 radical (unpaired) electrons. The van der Waals surface area contributed by atoms with Crippen molar-refractivity contribution in [2.75, 3.05) is 24.7 Å². The summed E-state index contributed by atoms with van der Waals surface area (Å²) in [6, 6.07) is 6.33. The van der Waals surface area contributed by atoms with Crippen molar-refractivity contribution in [3.8, 4) is 0 Å². The van der Waals surface area contributed by atoms with E-state index in [1.807, 2.05) is 11.8 Å². The Morgan fingerprint density at radius 3 is 2.87 bits per heavy atom. The van der Waals surface area contributed by atoms with E-state index in [0.717, 1.165) is 37.4 Å². The molecule has 1 aromatic carbocycles. The molecule has 124 valence electrons. The van der Waals surface area contributed by atoms with Gasteiger partial charge in [-0.3, -0.25) is 14.9 Å². The van der Waals surface area contributed by atoms with Crippen LogP contribution in [0, 0.1) is 10.1 Å². The largest absolute Gasteiger partial charge is 0.376 e. The highest BCUT2D eigenvalue weighted by Gasteiger charge is 2.33. The Balaban J connectivity index is 1.85. The molecule has 1 aromatic rings. The number of hydrogen-bond donors (Lipinski definition) is 0. The van der Waals surface area contributed by atoms with Gasteiger partial charge in [0.2, 0.25) is 0 Å². The second-order valence-corrected chi connectivity index (χ2v) is 7.03. The monoisotopic (exact) mass is 336 g/mol. The van der Waals surface area contributed by atoms with E-state index < -0.39 is 4.92 Å². The van der Waals surface area contributed by atoms with Crippen LogP contribution in [0.2, 0.25) is 0 Å². The summed E-state index contributed by atoms with van der Waals surface area (Å²) in [5.41, 5.74) is 0.0490. The summed E-state index contributed by atoms with van der Waals surface area (Å²) in [5, 5.41) is 11.2. The summed E-state index contributed by atoms with van der Waals surface area (Å²) in [4.78, 5) is 25.5. The lowest BCUT2D eigenvalue weighted by Gasteiger charge is -2.30. The first-order valence-electron chi connectivity index (χ1n) is 7.90. The Morgan fingerprint density at radius 2 is 2.22 bits per heavy atom. The molecule has 0 saturated carbocycles. The first-order chi connectivity index (χ1) is 11.2. The highest BCUT2D eigenvalue weighted by atomic mass is 32.2. The molecule has 1 amide bonds. The second kappa shape index (κ2) is 7.31. The maximum Gasteiger partial charge on any atom is 0.282 e. The van der Waals surface area contributed by atoms with Crippen LogP contribution in [-0.2, 0) is 4.74 Å². The van der Waals surface area contributed by atoms with Crippen molar-refractivity contribution in [3.05, 3.63) is 39.9 Å². The zero-order valence-electron chi connectivity index (χ0n) is 12.8. The third-order valence-electron chi connectivity index (χ3n) is 4.36. The topological polar surface area (TPSA) is 72.7 Å². The van der Waals surface area contributed by atoms with Crippen LogP contribution in [0.5, 0.6) is 0 Å². The predicted octanol–water partition coefficient (Wildman–Crippen LogP) is 2.72. The average molecular weight is 336 g/mol. The Kier molecular flexibility index (Phi) is 5.17. The number of nitrogens with zero attached hydrogens (tertiary/aromatic N) is 2. The lowest BCUT2D eigenvalue weighted by atomic mass is 10.1. The maximum atomic E-state index is 13.0. The Morgan fingerprint density at radius 1 is 1.39 bits per heavy atom. The third kappa shape index (κ3) is 3.67. The average Bonchev–Trinajstić information content (AvgIpc) is 3.25. The molecule has 0 aliphatic carbocycles. The van der Waals surface area contributed by atoms with Crippen molar-refractivity contribution in [3.63, 3.8) is 0 Å². The highest BCUT2D eigenvalue weighted by molar-refractivity contribution is 7.99. The minimum Gasteiger partial charge on any atom is -0.376 e. The Hall–Kier alpha value is -1.60. The number of carbonyl (C=O) groups is 1. The molecule has 2 saturated heterocycles. The summed E-state index contributed by atoms with van der Waals surface area (Å²) >= 11 is 1.82. The minimum absolute atomic E-state index is 0.0484. The first kappa shape index (κ1) is 16.3. The van der Waals surface area contributed by atoms with Gasteiger partial charge < -0.3 is 9.64 Å². The molecule has 6 nitrogen and oxygen atoms in total. The standard InChI is InChI=1S/C16H20N2O4S/c19-16(14-5-1-2-6-15(14)18(20)21)17(12-7-9-23-11-12)10-13-4-3-8-22-13/h1-2,5-6,12-13H,3-4,7-11H2/t12-,13-/m1/s1. The van der Waals surface area contributed by atoms with Crippen LogP contribution in [0.25, 0.3) is 0 Å². The fourth-order valence-corrected chi connectivity index (χ4v) is 4.37. The number of para-hydroxylation sites is 1. The Bertz CT molecular complexity index is 583. The molecular weight excluding hydrogens is 316 g/mol. The molecule has 2 atom stereocenters. The smallest absolute Gasteiger partial charge is 0.282 e. The van der Waals surface area contributed by atoms with Crippen LogP contribution in [0.3, 0.4) is 0 Å². The molecule has 2 fully saturated rings. The zero-order valence-corrected chi connectivity index (χ0v) is 13.7. The summed E-state index contributed by atoms with van der Waals surface area (Å²) in [6.07, 6.45) is 2.94. The maximum absolute atomic E-state index is 13.0. The molecule has 3 rings (SSSR count). The fourth-order valence-electron chi connectivity index (χ4n) is 3.14. The number of carbonyl (C=O) groups excluding carboxylic acids is 1. The zero-order chi connectivity index (χ0) is 16.2. The van der Waals surface area contributed by atoms with Crippen molar-refractivity contribution in [1.82, 2.24) is 4.90 Å².